The Morgan fingerprint density at radius 2 is 1.93 bits per heavy atom. The molecule has 0 fully saturated rings. The molecule has 90 valence electrons. The van der Waals surface area contributed by atoms with Crippen LogP contribution in [0.4, 0.5) is 8.78 Å². The molecular weight excluding hydrogens is 200 g/mol. The van der Waals surface area contributed by atoms with Crippen molar-refractivity contribution in [2.24, 2.45) is 5.41 Å². The standard InChI is InChI=1S/C11H21F2NO/c1-4-5-6-7-11(2,3)8-14-10(15)9(12)13/h9H,4-8H2,1-3H3,(H,14,15). The molecule has 0 heterocycles. The molecule has 0 atom stereocenters. The van der Waals surface area contributed by atoms with E-state index in [1.165, 1.54) is 0 Å². The first kappa shape index (κ1) is 14.3. The van der Waals surface area contributed by atoms with E-state index in [1.54, 1.807) is 0 Å². The van der Waals surface area contributed by atoms with Gasteiger partial charge in [-0.3, -0.25) is 4.79 Å². The first-order valence-electron chi connectivity index (χ1n) is 5.45. The first-order chi connectivity index (χ1) is 6.89. The first-order valence-corrected chi connectivity index (χ1v) is 5.45. The Bertz CT molecular complexity index is 193. The summed E-state index contributed by atoms with van der Waals surface area (Å²) in [7, 11) is 0. The van der Waals surface area contributed by atoms with Gasteiger partial charge in [-0.1, -0.05) is 40.0 Å². The third kappa shape index (κ3) is 7.28. The number of hydrogen-bond acceptors (Lipinski definition) is 1. The number of rotatable bonds is 7. The minimum absolute atomic E-state index is 0.0975. The predicted molar refractivity (Wildman–Crippen MR) is 56.9 cm³/mol. The van der Waals surface area contributed by atoms with Gasteiger partial charge in [0.2, 0.25) is 0 Å². The third-order valence-corrected chi connectivity index (χ3v) is 2.40. The highest BCUT2D eigenvalue weighted by Crippen LogP contribution is 2.22. The fraction of sp³-hybridized carbons (Fsp3) is 0.909. The van der Waals surface area contributed by atoms with Crippen LogP contribution in [-0.4, -0.2) is 18.9 Å². The molecule has 0 aliphatic rings. The molecule has 0 spiro atoms. The van der Waals surface area contributed by atoms with Crippen LogP contribution in [-0.2, 0) is 4.79 Å². The highest BCUT2D eigenvalue weighted by atomic mass is 19.3. The van der Waals surface area contributed by atoms with E-state index in [-0.39, 0.29) is 5.41 Å². The summed E-state index contributed by atoms with van der Waals surface area (Å²) >= 11 is 0. The van der Waals surface area contributed by atoms with Gasteiger partial charge in [-0.15, -0.1) is 0 Å². The largest absolute Gasteiger partial charge is 0.351 e. The summed E-state index contributed by atoms with van der Waals surface area (Å²) in [6, 6.07) is 0. The number of alkyl halides is 2. The van der Waals surface area contributed by atoms with Gasteiger partial charge in [-0.2, -0.15) is 8.78 Å². The quantitative estimate of drug-likeness (QED) is 0.658. The summed E-state index contributed by atoms with van der Waals surface area (Å²) in [5.41, 5.74) is -0.0975. The maximum absolute atomic E-state index is 11.9. The van der Waals surface area contributed by atoms with Crippen molar-refractivity contribution in [1.82, 2.24) is 5.32 Å². The van der Waals surface area contributed by atoms with E-state index in [2.05, 4.69) is 12.2 Å². The topological polar surface area (TPSA) is 29.1 Å². The van der Waals surface area contributed by atoms with Crippen LogP contribution in [0.3, 0.4) is 0 Å². The van der Waals surface area contributed by atoms with Crippen LogP contribution in [0.1, 0.15) is 46.5 Å². The van der Waals surface area contributed by atoms with E-state index in [0.29, 0.717) is 6.54 Å². The Kier molecular flexibility index (Phi) is 6.45. The fourth-order valence-electron chi connectivity index (χ4n) is 1.35. The van der Waals surface area contributed by atoms with Crippen LogP contribution >= 0.6 is 0 Å². The molecule has 0 aromatic heterocycles. The Labute approximate surface area is 90.4 Å². The zero-order valence-electron chi connectivity index (χ0n) is 9.78. The second-order valence-corrected chi connectivity index (χ2v) is 4.64. The van der Waals surface area contributed by atoms with Crippen LogP contribution in [0.5, 0.6) is 0 Å². The number of hydrogen-bond donors (Lipinski definition) is 1. The lowest BCUT2D eigenvalue weighted by Gasteiger charge is -2.24. The third-order valence-electron chi connectivity index (χ3n) is 2.40. The molecule has 0 saturated carbocycles. The van der Waals surface area contributed by atoms with E-state index >= 15 is 0 Å². The van der Waals surface area contributed by atoms with Gasteiger partial charge in [0.15, 0.2) is 0 Å². The van der Waals surface area contributed by atoms with E-state index < -0.39 is 12.3 Å². The lowest BCUT2D eigenvalue weighted by atomic mass is 9.87. The molecule has 0 bridgehead atoms. The minimum Gasteiger partial charge on any atom is -0.351 e. The molecule has 2 nitrogen and oxygen atoms in total. The van der Waals surface area contributed by atoms with Crippen LogP contribution in [0.2, 0.25) is 0 Å². The Balaban J connectivity index is 3.77. The van der Waals surface area contributed by atoms with E-state index in [9.17, 15) is 13.6 Å². The van der Waals surface area contributed by atoms with Crippen LogP contribution in [0.15, 0.2) is 0 Å². The van der Waals surface area contributed by atoms with Crippen molar-refractivity contribution in [3.63, 3.8) is 0 Å². The van der Waals surface area contributed by atoms with Crippen molar-refractivity contribution in [3.8, 4) is 0 Å². The van der Waals surface area contributed by atoms with Crippen molar-refractivity contribution in [3.05, 3.63) is 0 Å². The molecule has 15 heavy (non-hydrogen) atoms. The highest BCUT2D eigenvalue weighted by Gasteiger charge is 2.21. The van der Waals surface area contributed by atoms with Gasteiger partial charge >= 0.3 is 6.43 Å². The molecule has 0 rings (SSSR count). The van der Waals surface area contributed by atoms with Crippen molar-refractivity contribution in [2.45, 2.75) is 52.9 Å². The molecule has 0 aromatic rings. The van der Waals surface area contributed by atoms with Crippen molar-refractivity contribution in [2.75, 3.05) is 6.54 Å². The predicted octanol–water partition coefficient (Wildman–Crippen LogP) is 2.97. The van der Waals surface area contributed by atoms with Gasteiger partial charge in [0, 0.05) is 6.54 Å². The number of halogens is 2. The number of amides is 1. The monoisotopic (exact) mass is 221 g/mol. The van der Waals surface area contributed by atoms with E-state index in [0.717, 1.165) is 25.7 Å². The normalized spacial score (nSPS) is 11.9. The van der Waals surface area contributed by atoms with E-state index in [1.807, 2.05) is 13.8 Å². The number of unbranched alkanes of at least 4 members (excludes halogenated alkanes) is 2. The summed E-state index contributed by atoms with van der Waals surface area (Å²) in [4.78, 5) is 10.7. The summed E-state index contributed by atoms with van der Waals surface area (Å²) in [5.74, 6) is -1.17. The fourth-order valence-corrected chi connectivity index (χ4v) is 1.35. The van der Waals surface area contributed by atoms with Crippen LogP contribution < -0.4 is 5.32 Å². The smallest absolute Gasteiger partial charge is 0.315 e. The molecule has 1 N–H and O–H groups in total. The second-order valence-electron chi connectivity index (χ2n) is 4.64. The number of carbonyl (C=O) groups is 1. The maximum atomic E-state index is 11.9. The molecule has 0 saturated heterocycles. The van der Waals surface area contributed by atoms with Crippen molar-refractivity contribution >= 4 is 5.91 Å². The van der Waals surface area contributed by atoms with E-state index in [4.69, 9.17) is 0 Å². The van der Waals surface area contributed by atoms with Gasteiger partial charge in [0.05, 0.1) is 0 Å². The van der Waals surface area contributed by atoms with Crippen LogP contribution in [0, 0.1) is 5.41 Å². The molecule has 0 radical (unpaired) electrons. The molecule has 0 aromatic carbocycles. The number of nitrogens with one attached hydrogen (secondary N) is 1. The second kappa shape index (κ2) is 6.75. The molecule has 1 amide bonds. The van der Waals surface area contributed by atoms with Gasteiger partial charge < -0.3 is 5.32 Å². The minimum atomic E-state index is -2.91. The molecular formula is C11H21F2NO. The average molecular weight is 221 g/mol. The Morgan fingerprint density at radius 3 is 2.40 bits per heavy atom. The Morgan fingerprint density at radius 1 is 1.33 bits per heavy atom. The lowest BCUT2D eigenvalue weighted by Crippen LogP contribution is -2.37. The van der Waals surface area contributed by atoms with Gasteiger partial charge in [-0.05, 0) is 11.8 Å². The van der Waals surface area contributed by atoms with Gasteiger partial charge in [-0.25, -0.2) is 0 Å². The molecule has 0 aliphatic carbocycles. The molecule has 0 aliphatic heterocycles. The van der Waals surface area contributed by atoms with Crippen molar-refractivity contribution in [1.29, 1.82) is 0 Å². The average Bonchev–Trinajstić information content (AvgIpc) is 2.14. The van der Waals surface area contributed by atoms with Gasteiger partial charge in [0.25, 0.3) is 5.91 Å². The summed E-state index contributed by atoms with van der Waals surface area (Å²) in [6.07, 6.45) is 1.40. The SMILES string of the molecule is CCCCCC(C)(C)CNC(=O)C(F)F. The maximum Gasteiger partial charge on any atom is 0.315 e. The summed E-state index contributed by atoms with van der Waals surface area (Å²) in [5, 5.41) is 2.26. The lowest BCUT2D eigenvalue weighted by molar-refractivity contribution is -0.132. The summed E-state index contributed by atoms with van der Waals surface area (Å²) < 4.78 is 23.8. The highest BCUT2D eigenvalue weighted by molar-refractivity contribution is 5.79. The zero-order valence-corrected chi connectivity index (χ0v) is 9.78. The zero-order chi connectivity index (χ0) is 11.9. The van der Waals surface area contributed by atoms with Crippen LogP contribution in [0.25, 0.3) is 0 Å². The molecule has 4 heteroatoms. The summed E-state index contributed by atoms with van der Waals surface area (Å²) in [6.45, 7) is 6.40. The molecule has 0 unspecified atom stereocenters. The van der Waals surface area contributed by atoms with Gasteiger partial charge in [0.1, 0.15) is 0 Å². The van der Waals surface area contributed by atoms with Crippen molar-refractivity contribution < 1.29 is 13.6 Å². The number of carbonyl (C=O) groups excluding carboxylic acids is 1. The Hall–Kier alpha value is -0.670.